The predicted octanol–water partition coefficient (Wildman–Crippen LogP) is 4.40. The van der Waals surface area contributed by atoms with E-state index in [-0.39, 0.29) is 56.0 Å². The molecule has 0 atom stereocenters. The summed E-state index contributed by atoms with van der Waals surface area (Å²) in [5.74, 6) is -0.223. The Morgan fingerprint density at radius 1 is 1.00 bits per heavy atom. The largest absolute Gasteiger partial charge is 0.450 e. The summed E-state index contributed by atoms with van der Waals surface area (Å²) in [7, 11) is 0.209. The predicted molar refractivity (Wildman–Crippen MR) is 165 cm³/mol. The Hall–Kier alpha value is -2.77. The molecule has 224 valence electrons. The molecule has 0 N–H and O–H groups in total. The van der Waals surface area contributed by atoms with Gasteiger partial charge in [0.2, 0.25) is 10.0 Å². The molecule has 1 aromatic heterocycles. The van der Waals surface area contributed by atoms with E-state index in [4.69, 9.17) is 9.72 Å². The summed E-state index contributed by atoms with van der Waals surface area (Å²) >= 11 is 1.48. The van der Waals surface area contributed by atoms with Crippen LogP contribution >= 0.6 is 23.7 Å². The highest BCUT2D eigenvalue weighted by molar-refractivity contribution is 7.89. The molecule has 1 aliphatic rings. The number of aromatic nitrogens is 1. The van der Waals surface area contributed by atoms with Gasteiger partial charge in [0.25, 0.3) is 5.91 Å². The maximum absolute atomic E-state index is 13.7. The van der Waals surface area contributed by atoms with Crippen molar-refractivity contribution in [1.82, 2.24) is 19.1 Å². The maximum Gasteiger partial charge on any atom is 0.409 e. The highest BCUT2D eigenvalue weighted by Crippen LogP contribution is 2.33. The standard InChI is InChI=1S/C28H37N5O5S2.ClH/c1-6-38-28(35)31-16-18-32(19-17-31)40(36,37)23-11-9-22(10-12-23)26(34)33(15-7-14-30(4)5)27-29-25-21(3)20(2)8-13-24(25)39-27;/h8-13H,6-7,14-19H2,1-5H3;1H. The highest BCUT2D eigenvalue weighted by atomic mass is 35.5. The van der Waals surface area contributed by atoms with Crippen LogP contribution in [0, 0.1) is 13.8 Å². The third kappa shape index (κ3) is 7.36. The monoisotopic (exact) mass is 623 g/mol. The Kier molecular flexibility index (Phi) is 11.1. The van der Waals surface area contributed by atoms with Gasteiger partial charge in [-0.25, -0.2) is 18.2 Å². The zero-order valence-corrected chi connectivity index (χ0v) is 26.6. The van der Waals surface area contributed by atoms with Crippen molar-refractivity contribution in [3.05, 3.63) is 53.1 Å². The number of thiazole rings is 1. The Bertz CT molecular complexity index is 1470. The molecule has 0 radical (unpaired) electrons. The molecular weight excluding hydrogens is 586 g/mol. The lowest BCUT2D eigenvalue weighted by Gasteiger charge is -2.33. The smallest absolute Gasteiger partial charge is 0.409 e. The molecule has 1 fully saturated rings. The number of rotatable bonds is 9. The van der Waals surface area contributed by atoms with Crippen molar-refractivity contribution in [1.29, 1.82) is 0 Å². The van der Waals surface area contributed by atoms with E-state index in [0.717, 1.165) is 34.3 Å². The number of fused-ring (bicyclic) bond motifs is 1. The number of carbonyl (C=O) groups excluding carboxylic acids is 2. The van der Waals surface area contributed by atoms with Gasteiger partial charge in [0.05, 0.1) is 21.7 Å². The van der Waals surface area contributed by atoms with Crippen molar-refractivity contribution in [2.45, 2.75) is 32.1 Å². The molecule has 2 heterocycles. The second-order valence-corrected chi connectivity index (χ2v) is 13.0. The fourth-order valence-corrected chi connectivity index (χ4v) is 7.03. The summed E-state index contributed by atoms with van der Waals surface area (Å²) in [6.45, 7) is 8.27. The first kappa shape index (κ1) is 32.7. The summed E-state index contributed by atoms with van der Waals surface area (Å²) in [4.78, 5) is 35.9. The summed E-state index contributed by atoms with van der Waals surface area (Å²) in [6, 6.07) is 10.2. The van der Waals surface area contributed by atoms with Crippen molar-refractivity contribution in [2.75, 3.05) is 64.9 Å². The van der Waals surface area contributed by atoms with E-state index < -0.39 is 16.1 Å². The molecule has 0 aliphatic carbocycles. The minimum absolute atomic E-state index is 0. The van der Waals surface area contributed by atoms with Gasteiger partial charge in [0, 0.05) is 38.3 Å². The summed E-state index contributed by atoms with van der Waals surface area (Å²) < 4.78 is 33.9. The molecule has 0 saturated carbocycles. The number of halogens is 1. The van der Waals surface area contributed by atoms with Crippen molar-refractivity contribution in [3.8, 4) is 0 Å². The van der Waals surface area contributed by atoms with E-state index in [1.807, 2.05) is 34.0 Å². The summed E-state index contributed by atoms with van der Waals surface area (Å²) in [5.41, 5.74) is 3.53. The number of sulfonamides is 1. The quantitative estimate of drug-likeness (QED) is 0.348. The lowest BCUT2D eigenvalue weighted by molar-refractivity contribution is 0.0933. The summed E-state index contributed by atoms with van der Waals surface area (Å²) in [6.07, 6.45) is 0.327. The van der Waals surface area contributed by atoms with E-state index in [1.54, 1.807) is 24.0 Å². The van der Waals surface area contributed by atoms with Crippen LogP contribution in [0.1, 0.15) is 34.8 Å². The van der Waals surface area contributed by atoms with Crippen LogP contribution in [-0.2, 0) is 14.8 Å². The molecule has 4 rings (SSSR count). The van der Waals surface area contributed by atoms with Gasteiger partial charge in [0.1, 0.15) is 0 Å². The van der Waals surface area contributed by atoms with Crippen molar-refractivity contribution in [2.24, 2.45) is 0 Å². The second-order valence-electron chi connectivity index (χ2n) is 10.1. The minimum atomic E-state index is -3.77. The fraction of sp³-hybridized carbons (Fsp3) is 0.464. The van der Waals surface area contributed by atoms with E-state index in [2.05, 4.69) is 11.0 Å². The van der Waals surface area contributed by atoms with Gasteiger partial charge in [-0.1, -0.05) is 17.4 Å². The average Bonchev–Trinajstić information content (AvgIpc) is 3.38. The highest BCUT2D eigenvalue weighted by Gasteiger charge is 2.31. The van der Waals surface area contributed by atoms with Crippen molar-refractivity contribution >= 4 is 61.1 Å². The van der Waals surface area contributed by atoms with E-state index >= 15 is 0 Å². The maximum atomic E-state index is 13.7. The Balaban J connectivity index is 0.00000462. The number of aryl methyl sites for hydroxylation is 2. The molecule has 0 spiro atoms. The van der Waals surface area contributed by atoms with Crippen LogP contribution in [0.25, 0.3) is 10.2 Å². The number of hydrogen-bond acceptors (Lipinski definition) is 8. The van der Waals surface area contributed by atoms with Crippen LogP contribution in [0.15, 0.2) is 41.3 Å². The van der Waals surface area contributed by atoms with Crippen LogP contribution in [0.5, 0.6) is 0 Å². The number of piperazine rings is 1. The Labute approximate surface area is 252 Å². The topological polar surface area (TPSA) is 103 Å². The number of amides is 2. The number of hydrogen-bond donors (Lipinski definition) is 0. The first-order valence-corrected chi connectivity index (χ1v) is 15.6. The van der Waals surface area contributed by atoms with Gasteiger partial charge >= 0.3 is 6.09 Å². The number of carbonyl (C=O) groups is 2. The molecule has 3 aromatic rings. The van der Waals surface area contributed by atoms with E-state index in [9.17, 15) is 18.0 Å². The van der Waals surface area contributed by atoms with Crippen LogP contribution in [0.2, 0.25) is 0 Å². The molecule has 2 amide bonds. The summed E-state index contributed by atoms with van der Waals surface area (Å²) in [5, 5.41) is 0.628. The third-order valence-corrected chi connectivity index (χ3v) is 10.00. The Morgan fingerprint density at radius 2 is 1.66 bits per heavy atom. The number of benzene rings is 2. The molecule has 1 saturated heterocycles. The zero-order valence-electron chi connectivity index (χ0n) is 24.1. The molecule has 10 nitrogen and oxygen atoms in total. The van der Waals surface area contributed by atoms with Crippen LogP contribution in [0.4, 0.5) is 9.93 Å². The van der Waals surface area contributed by atoms with Gasteiger partial charge in [-0.15, -0.1) is 12.4 Å². The molecule has 41 heavy (non-hydrogen) atoms. The van der Waals surface area contributed by atoms with Crippen LogP contribution < -0.4 is 4.90 Å². The molecule has 2 aromatic carbocycles. The number of ether oxygens (including phenoxy) is 1. The lowest BCUT2D eigenvalue weighted by atomic mass is 10.1. The van der Waals surface area contributed by atoms with Crippen LogP contribution in [0.3, 0.4) is 0 Å². The Morgan fingerprint density at radius 3 is 2.27 bits per heavy atom. The second kappa shape index (κ2) is 13.9. The zero-order chi connectivity index (χ0) is 29.0. The lowest BCUT2D eigenvalue weighted by Crippen LogP contribution is -2.50. The van der Waals surface area contributed by atoms with E-state index in [0.29, 0.717) is 17.2 Å². The molecular formula is C28H38ClN5O5S2. The molecule has 13 heteroatoms. The van der Waals surface area contributed by atoms with Gasteiger partial charge < -0.3 is 14.5 Å². The van der Waals surface area contributed by atoms with Gasteiger partial charge in [-0.3, -0.25) is 9.69 Å². The first-order chi connectivity index (χ1) is 19.0. The normalized spacial score (nSPS) is 14.2. The first-order valence-electron chi connectivity index (χ1n) is 13.4. The third-order valence-electron chi connectivity index (χ3n) is 7.04. The van der Waals surface area contributed by atoms with Crippen molar-refractivity contribution in [3.63, 3.8) is 0 Å². The van der Waals surface area contributed by atoms with Gasteiger partial charge in [0.15, 0.2) is 5.13 Å². The number of anilines is 1. The molecule has 0 unspecified atom stereocenters. The SMILES string of the molecule is CCOC(=O)N1CCN(S(=O)(=O)c2ccc(C(=O)N(CCCN(C)C)c3nc4c(C)c(C)ccc4s3)cc2)CC1.Cl. The average molecular weight is 624 g/mol. The van der Waals surface area contributed by atoms with Gasteiger partial charge in [-0.2, -0.15) is 4.31 Å². The van der Waals surface area contributed by atoms with Crippen LogP contribution in [-0.4, -0.2) is 99.5 Å². The fourth-order valence-electron chi connectivity index (χ4n) is 4.56. The molecule has 0 bridgehead atoms. The van der Waals surface area contributed by atoms with E-state index in [1.165, 1.54) is 32.7 Å². The minimum Gasteiger partial charge on any atom is -0.450 e. The number of nitrogens with zero attached hydrogens (tertiary/aromatic N) is 5. The molecule has 1 aliphatic heterocycles. The van der Waals surface area contributed by atoms with Crippen molar-refractivity contribution < 1.29 is 22.7 Å². The van der Waals surface area contributed by atoms with Gasteiger partial charge in [-0.05, 0) is 89.3 Å².